The highest BCUT2D eigenvalue weighted by Crippen LogP contribution is 2.14. The normalized spacial score (nSPS) is 10.1. The first kappa shape index (κ1) is 14.7. The van der Waals surface area contributed by atoms with Gasteiger partial charge in [-0.25, -0.2) is 4.98 Å². The third-order valence-corrected chi connectivity index (χ3v) is 3.86. The number of thiazole rings is 1. The fourth-order valence-electron chi connectivity index (χ4n) is 1.38. The number of esters is 1. The molecule has 0 aliphatic heterocycles. The molecule has 0 saturated carbocycles. The predicted molar refractivity (Wildman–Crippen MR) is 78.4 cm³/mol. The Morgan fingerprint density at radius 2 is 2.05 bits per heavy atom. The van der Waals surface area contributed by atoms with Gasteiger partial charge in [0, 0.05) is 5.38 Å². The molecule has 0 radical (unpaired) electrons. The summed E-state index contributed by atoms with van der Waals surface area (Å²) in [5.41, 5.74) is 0.899. The molecule has 0 saturated heterocycles. The van der Waals surface area contributed by atoms with Crippen molar-refractivity contribution < 1.29 is 14.3 Å². The molecular formula is C13H11BrN2O3S. The fourth-order valence-corrected chi connectivity index (χ4v) is 2.54. The number of benzene rings is 1. The Morgan fingerprint density at radius 1 is 1.30 bits per heavy atom. The van der Waals surface area contributed by atoms with Crippen molar-refractivity contribution in [1.82, 2.24) is 10.3 Å². The number of halogens is 1. The molecular weight excluding hydrogens is 344 g/mol. The van der Waals surface area contributed by atoms with Gasteiger partial charge in [-0.1, -0.05) is 30.3 Å². The smallest absolute Gasteiger partial charge is 0.325 e. The number of nitrogens with one attached hydrogen (secondary N) is 1. The van der Waals surface area contributed by atoms with Crippen LogP contribution < -0.4 is 5.32 Å². The van der Waals surface area contributed by atoms with Crippen molar-refractivity contribution in [3.63, 3.8) is 0 Å². The van der Waals surface area contributed by atoms with Gasteiger partial charge in [-0.3, -0.25) is 9.59 Å². The van der Waals surface area contributed by atoms with Crippen LogP contribution in [0.25, 0.3) is 0 Å². The first-order valence-electron chi connectivity index (χ1n) is 5.74. The molecule has 1 amide bonds. The summed E-state index contributed by atoms with van der Waals surface area (Å²) in [6.45, 7) is 0.0151. The van der Waals surface area contributed by atoms with Gasteiger partial charge in [-0.15, -0.1) is 11.3 Å². The lowest BCUT2D eigenvalue weighted by Crippen LogP contribution is -2.30. The minimum absolute atomic E-state index is 0.178. The number of hydrogen-bond donors (Lipinski definition) is 1. The van der Waals surface area contributed by atoms with Crippen molar-refractivity contribution in [1.29, 1.82) is 0 Å². The zero-order chi connectivity index (χ0) is 14.4. The standard InChI is InChI=1S/C13H11BrN2O3S/c14-10-8-20-13(16-10)12(18)15-6-11(17)19-7-9-4-2-1-3-5-9/h1-5,8H,6-7H2,(H,15,18). The van der Waals surface area contributed by atoms with Crippen LogP contribution in [-0.4, -0.2) is 23.4 Å². The molecule has 5 nitrogen and oxygen atoms in total. The molecule has 1 aromatic heterocycles. The average Bonchev–Trinajstić information content (AvgIpc) is 2.90. The van der Waals surface area contributed by atoms with Crippen LogP contribution in [0.15, 0.2) is 40.3 Å². The van der Waals surface area contributed by atoms with Crippen LogP contribution in [0, 0.1) is 0 Å². The maximum Gasteiger partial charge on any atom is 0.325 e. The monoisotopic (exact) mass is 354 g/mol. The van der Waals surface area contributed by atoms with E-state index in [0.29, 0.717) is 9.61 Å². The summed E-state index contributed by atoms with van der Waals surface area (Å²) in [4.78, 5) is 27.1. The van der Waals surface area contributed by atoms with Crippen LogP contribution in [0.5, 0.6) is 0 Å². The minimum atomic E-state index is -0.488. The van der Waals surface area contributed by atoms with Crippen LogP contribution in [-0.2, 0) is 16.1 Å². The molecule has 0 unspecified atom stereocenters. The zero-order valence-corrected chi connectivity index (χ0v) is 12.7. The molecule has 0 aliphatic rings. The van der Waals surface area contributed by atoms with Gasteiger partial charge in [-0.05, 0) is 21.5 Å². The van der Waals surface area contributed by atoms with Gasteiger partial charge in [0.25, 0.3) is 5.91 Å². The number of carbonyl (C=O) groups excluding carboxylic acids is 2. The van der Waals surface area contributed by atoms with Crippen LogP contribution in [0.2, 0.25) is 0 Å². The van der Waals surface area contributed by atoms with Gasteiger partial charge in [0.15, 0.2) is 5.01 Å². The number of hydrogen-bond acceptors (Lipinski definition) is 5. The first-order chi connectivity index (χ1) is 9.65. The lowest BCUT2D eigenvalue weighted by Gasteiger charge is -2.05. The molecule has 0 fully saturated rings. The zero-order valence-electron chi connectivity index (χ0n) is 10.3. The molecule has 0 bridgehead atoms. The summed E-state index contributed by atoms with van der Waals surface area (Å²) < 4.78 is 5.64. The van der Waals surface area contributed by atoms with Gasteiger partial charge < -0.3 is 10.1 Å². The Balaban J connectivity index is 1.74. The molecule has 2 aromatic rings. The number of ether oxygens (including phenoxy) is 1. The highest BCUT2D eigenvalue weighted by atomic mass is 79.9. The topological polar surface area (TPSA) is 68.3 Å². The highest BCUT2D eigenvalue weighted by molar-refractivity contribution is 9.10. The Morgan fingerprint density at radius 3 is 2.70 bits per heavy atom. The van der Waals surface area contributed by atoms with E-state index < -0.39 is 11.9 Å². The third kappa shape index (κ3) is 4.43. The molecule has 1 N–H and O–H groups in total. The third-order valence-electron chi connectivity index (χ3n) is 2.31. The largest absolute Gasteiger partial charge is 0.460 e. The van der Waals surface area contributed by atoms with Gasteiger partial charge >= 0.3 is 5.97 Å². The maximum atomic E-state index is 11.6. The van der Waals surface area contributed by atoms with Crippen molar-refractivity contribution in [2.75, 3.05) is 6.54 Å². The number of carbonyl (C=O) groups is 2. The van der Waals surface area contributed by atoms with Crippen LogP contribution >= 0.6 is 27.3 Å². The summed E-state index contributed by atoms with van der Waals surface area (Å²) in [6.07, 6.45) is 0. The maximum absolute atomic E-state index is 11.6. The van der Waals surface area contributed by atoms with Gasteiger partial charge in [-0.2, -0.15) is 0 Å². The summed E-state index contributed by atoms with van der Waals surface area (Å²) >= 11 is 4.36. The average molecular weight is 355 g/mol. The minimum Gasteiger partial charge on any atom is -0.460 e. The quantitative estimate of drug-likeness (QED) is 0.837. The number of amides is 1. The second kappa shape index (κ2) is 7.16. The molecule has 2 rings (SSSR count). The number of aromatic nitrogens is 1. The molecule has 0 aliphatic carbocycles. The van der Waals surface area contributed by atoms with Crippen LogP contribution in [0.4, 0.5) is 0 Å². The second-order valence-corrected chi connectivity index (χ2v) is 5.47. The fraction of sp³-hybridized carbons (Fsp3) is 0.154. The van der Waals surface area contributed by atoms with E-state index in [-0.39, 0.29) is 13.2 Å². The molecule has 7 heteroatoms. The molecule has 1 aromatic carbocycles. The van der Waals surface area contributed by atoms with Gasteiger partial charge in [0.1, 0.15) is 17.8 Å². The van der Waals surface area contributed by atoms with E-state index in [1.54, 1.807) is 5.38 Å². The SMILES string of the molecule is O=C(CNC(=O)c1nc(Br)cs1)OCc1ccccc1. The van der Waals surface area contributed by atoms with E-state index in [1.165, 1.54) is 11.3 Å². The van der Waals surface area contributed by atoms with E-state index in [4.69, 9.17) is 4.74 Å². The second-order valence-electron chi connectivity index (χ2n) is 3.80. The lowest BCUT2D eigenvalue weighted by atomic mass is 10.2. The molecule has 1 heterocycles. The Bertz CT molecular complexity index is 601. The van der Waals surface area contributed by atoms with Crippen molar-refractivity contribution in [3.8, 4) is 0 Å². The van der Waals surface area contributed by atoms with Crippen molar-refractivity contribution in [3.05, 3.63) is 50.9 Å². The van der Waals surface area contributed by atoms with Crippen molar-refractivity contribution >= 4 is 39.1 Å². The molecule has 0 atom stereocenters. The summed E-state index contributed by atoms with van der Waals surface area (Å²) in [6, 6.07) is 9.34. The van der Waals surface area contributed by atoms with E-state index >= 15 is 0 Å². The van der Waals surface area contributed by atoms with Crippen LogP contribution in [0.1, 0.15) is 15.4 Å². The van der Waals surface area contributed by atoms with E-state index in [9.17, 15) is 9.59 Å². The van der Waals surface area contributed by atoms with E-state index in [0.717, 1.165) is 5.56 Å². The summed E-state index contributed by atoms with van der Waals surface area (Å²) in [5.74, 6) is -0.879. The Labute approximate surface area is 128 Å². The summed E-state index contributed by atoms with van der Waals surface area (Å²) in [5, 5.41) is 4.46. The highest BCUT2D eigenvalue weighted by Gasteiger charge is 2.12. The van der Waals surface area contributed by atoms with Gasteiger partial charge in [0.2, 0.25) is 0 Å². The first-order valence-corrected chi connectivity index (χ1v) is 7.41. The Kier molecular flexibility index (Phi) is 5.25. The molecule has 0 spiro atoms. The lowest BCUT2D eigenvalue weighted by molar-refractivity contribution is -0.143. The number of rotatable bonds is 5. The van der Waals surface area contributed by atoms with Crippen molar-refractivity contribution in [2.45, 2.75) is 6.61 Å². The number of nitrogens with zero attached hydrogens (tertiary/aromatic N) is 1. The van der Waals surface area contributed by atoms with Crippen LogP contribution in [0.3, 0.4) is 0 Å². The van der Waals surface area contributed by atoms with Gasteiger partial charge in [0.05, 0.1) is 0 Å². The molecule has 20 heavy (non-hydrogen) atoms. The predicted octanol–water partition coefficient (Wildman–Crippen LogP) is 2.38. The Hall–Kier alpha value is -1.73. The summed E-state index contributed by atoms with van der Waals surface area (Å²) in [7, 11) is 0. The van der Waals surface area contributed by atoms with Crippen molar-refractivity contribution in [2.24, 2.45) is 0 Å². The van der Waals surface area contributed by atoms with E-state index in [1.807, 2.05) is 30.3 Å². The van der Waals surface area contributed by atoms with E-state index in [2.05, 4.69) is 26.2 Å². The molecule has 104 valence electrons.